The fourth-order valence-corrected chi connectivity index (χ4v) is 3.78. The Bertz CT molecular complexity index is 640. The summed E-state index contributed by atoms with van der Waals surface area (Å²) in [4.78, 5) is 0. The van der Waals surface area contributed by atoms with Gasteiger partial charge in [0.2, 0.25) is 0 Å². The maximum atomic E-state index is 9.84. The summed E-state index contributed by atoms with van der Waals surface area (Å²) in [6, 6.07) is 32.0. The fraction of sp³-hybridized carbons (Fsp3) is 0.250. The maximum Gasteiger partial charge on any atom is 0.0436 e. The van der Waals surface area contributed by atoms with Crippen LogP contribution >= 0.6 is 0 Å². The maximum absolute atomic E-state index is 9.84. The molecular formula is C24H26OTi. The van der Waals surface area contributed by atoms with E-state index < -0.39 is 0 Å². The second kappa shape index (κ2) is 10.5. The van der Waals surface area contributed by atoms with E-state index in [1.54, 1.807) is 0 Å². The minimum Gasteiger partial charge on any atom is -0.396 e. The molecule has 0 aliphatic carbocycles. The molecular weight excluding hydrogens is 352 g/mol. The van der Waals surface area contributed by atoms with Gasteiger partial charge in [-0.2, -0.15) is 0 Å². The summed E-state index contributed by atoms with van der Waals surface area (Å²) >= 11 is 0. The second-order valence-electron chi connectivity index (χ2n) is 6.96. The van der Waals surface area contributed by atoms with Crippen LogP contribution in [0.5, 0.6) is 0 Å². The molecule has 0 bridgehead atoms. The summed E-state index contributed by atoms with van der Waals surface area (Å²) in [6.45, 7) is 0.215. The molecule has 1 nitrogen and oxygen atoms in total. The van der Waals surface area contributed by atoms with Crippen molar-refractivity contribution in [3.63, 3.8) is 0 Å². The third kappa shape index (κ3) is 5.95. The molecule has 3 rings (SSSR count). The predicted octanol–water partition coefficient (Wildman–Crippen LogP) is 5.08. The van der Waals surface area contributed by atoms with Crippen molar-refractivity contribution >= 4 is 0 Å². The van der Waals surface area contributed by atoms with Gasteiger partial charge < -0.3 is 5.11 Å². The third-order valence-electron chi connectivity index (χ3n) is 4.91. The molecule has 0 spiro atoms. The quantitative estimate of drug-likeness (QED) is 0.542. The zero-order valence-electron chi connectivity index (χ0n) is 15.1. The van der Waals surface area contributed by atoms with E-state index in [4.69, 9.17) is 0 Å². The average Bonchev–Trinajstić information content (AvgIpc) is 2.64. The van der Waals surface area contributed by atoms with Gasteiger partial charge in [-0.1, -0.05) is 91.0 Å². The van der Waals surface area contributed by atoms with Crippen molar-refractivity contribution < 1.29 is 26.8 Å². The molecule has 0 radical (unpaired) electrons. The van der Waals surface area contributed by atoms with Crippen LogP contribution in [0.1, 0.15) is 23.1 Å². The molecule has 132 valence electrons. The van der Waals surface area contributed by atoms with Gasteiger partial charge in [0.15, 0.2) is 0 Å². The molecule has 0 aliphatic rings. The van der Waals surface area contributed by atoms with Crippen molar-refractivity contribution in [2.75, 3.05) is 6.61 Å². The van der Waals surface area contributed by atoms with Crippen LogP contribution in [0.4, 0.5) is 0 Å². The number of benzene rings is 3. The molecule has 1 N–H and O–H groups in total. The first kappa shape index (κ1) is 20.6. The molecule has 3 aromatic rings. The van der Waals surface area contributed by atoms with E-state index in [2.05, 4.69) is 91.0 Å². The fourth-order valence-electron chi connectivity index (χ4n) is 3.78. The van der Waals surface area contributed by atoms with Crippen LogP contribution in [0.25, 0.3) is 0 Å². The molecule has 26 heavy (non-hydrogen) atoms. The van der Waals surface area contributed by atoms with Crippen LogP contribution in [0, 0.1) is 5.41 Å². The zero-order chi connectivity index (χ0) is 17.4. The van der Waals surface area contributed by atoms with Gasteiger partial charge in [0, 0.05) is 28.3 Å². The first-order chi connectivity index (χ1) is 12.3. The van der Waals surface area contributed by atoms with Gasteiger partial charge in [-0.15, -0.1) is 0 Å². The molecule has 0 amide bonds. The van der Waals surface area contributed by atoms with Crippen LogP contribution < -0.4 is 0 Å². The van der Waals surface area contributed by atoms with Gasteiger partial charge in [-0.05, 0) is 47.8 Å². The first-order valence-corrected chi connectivity index (χ1v) is 9.02. The minimum absolute atomic E-state index is 0. The Balaban J connectivity index is 0.00000243. The van der Waals surface area contributed by atoms with Gasteiger partial charge in [0.25, 0.3) is 0 Å². The number of hydrogen-bond acceptors (Lipinski definition) is 1. The molecule has 0 unspecified atom stereocenters. The summed E-state index contributed by atoms with van der Waals surface area (Å²) in [5.74, 6) is 0. The Morgan fingerprint density at radius 3 is 1.12 bits per heavy atom. The monoisotopic (exact) mass is 378 g/mol. The van der Waals surface area contributed by atoms with Gasteiger partial charge >= 0.3 is 0 Å². The molecule has 0 fully saturated rings. The van der Waals surface area contributed by atoms with Gasteiger partial charge in [0.05, 0.1) is 0 Å². The van der Waals surface area contributed by atoms with Crippen LogP contribution in [0.2, 0.25) is 0 Å². The Hall–Kier alpha value is -1.67. The van der Waals surface area contributed by atoms with Gasteiger partial charge in [-0.3, -0.25) is 0 Å². The molecule has 0 saturated carbocycles. The van der Waals surface area contributed by atoms with E-state index in [1.807, 2.05) is 0 Å². The normalized spacial score (nSPS) is 11.0. The van der Waals surface area contributed by atoms with Crippen LogP contribution in [-0.2, 0) is 41.0 Å². The topological polar surface area (TPSA) is 20.2 Å². The Labute approximate surface area is 172 Å². The number of rotatable bonds is 8. The average molecular weight is 378 g/mol. The van der Waals surface area contributed by atoms with Gasteiger partial charge in [-0.25, -0.2) is 0 Å². The van der Waals surface area contributed by atoms with Gasteiger partial charge in [0.1, 0.15) is 0 Å². The summed E-state index contributed by atoms with van der Waals surface area (Å²) in [7, 11) is 0. The van der Waals surface area contributed by atoms with E-state index in [-0.39, 0.29) is 33.7 Å². The summed E-state index contributed by atoms with van der Waals surface area (Å²) < 4.78 is 0. The standard InChI is InChI=1S/C24H26O.Ti/c25-17-16-24(18-21-10-4-1-5-11-21,19-22-12-6-2-7-13-22)20-23-14-8-3-9-15-23;/h1-15,25H,16-20H2;. The molecule has 2 heteroatoms. The number of hydrogen-bond donors (Lipinski definition) is 1. The van der Waals surface area contributed by atoms with Crippen molar-refractivity contribution in [2.24, 2.45) is 5.41 Å². The molecule has 0 aromatic heterocycles. The van der Waals surface area contributed by atoms with Crippen LogP contribution in [0.15, 0.2) is 91.0 Å². The van der Waals surface area contributed by atoms with E-state index in [1.165, 1.54) is 16.7 Å². The molecule has 0 atom stereocenters. The van der Waals surface area contributed by atoms with E-state index in [0.717, 1.165) is 25.7 Å². The van der Waals surface area contributed by atoms with E-state index in [0.29, 0.717) is 0 Å². The molecule has 0 heterocycles. The predicted molar refractivity (Wildman–Crippen MR) is 105 cm³/mol. The molecule has 3 aromatic carbocycles. The van der Waals surface area contributed by atoms with Crippen LogP contribution in [0.3, 0.4) is 0 Å². The molecule has 0 saturated heterocycles. The number of aliphatic hydroxyl groups is 1. The summed E-state index contributed by atoms with van der Waals surface area (Å²) in [5, 5.41) is 9.84. The SMILES string of the molecule is OCCC(Cc1ccccc1)(Cc1ccccc1)Cc1ccccc1.[Ti]. The Morgan fingerprint density at radius 2 is 0.846 bits per heavy atom. The van der Waals surface area contributed by atoms with E-state index in [9.17, 15) is 5.11 Å². The number of aliphatic hydroxyl groups excluding tert-OH is 1. The molecule has 0 aliphatic heterocycles. The minimum atomic E-state index is 0. The Morgan fingerprint density at radius 1 is 0.538 bits per heavy atom. The van der Waals surface area contributed by atoms with Crippen LogP contribution in [-0.4, -0.2) is 11.7 Å². The van der Waals surface area contributed by atoms with Crippen molar-refractivity contribution in [3.05, 3.63) is 108 Å². The second-order valence-corrected chi connectivity index (χ2v) is 6.96. The smallest absolute Gasteiger partial charge is 0.0436 e. The third-order valence-corrected chi connectivity index (χ3v) is 4.91. The largest absolute Gasteiger partial charge is 0.396 e. The van der Waals surface area contributed by atoms with Crippen molar-refractivity contribution in [2.45, 2.75) is 25.7 Å². The Kier molecular flexibility index (Phi) is 8.32. The summed E-state index contributed by atoms with van der Waals surface area (Å²) in [5.41, 5.74) is 4.02. The van der Waals surface area contributed by atoms with Crippen molar-refractivity contribution in [1.29, 1.82) is 0 Å². The van der Waals surface area contributed by atoms with E-state index >= 15 is 0 Å². The summed E-state index contributed by atoms with van der Waals surface area (Å²) in [6.07, 6.45) is 3.71. The zero-order valence-corrected chi connectivity index (χ0v) is 16.7. The van der Waals surface area contributed by atoms with Crippen molar-refractivity contribution in [1.82, 2.24) is 0 Å². The van der Waals surface area contributed by atoms with Crippen molar-refractivity contribution in [3.8, 4) is 0 Å². The first-order valence-electron chi connectivity index (χ1n) is 9.02.